The van der Waals surface area contributed by atoms with Crippen molar-refractivity contribution >= 4 is 17.3 Å². The van der Waals surface area contributed by atoms with Gasteiger partial charge >= 0.3 is 0 Å². The Hall–Kier alpha value is -1.00. The van der Waals surface area contributed by atoms with Gasteiger partial charge in [-0.15, -0.1) is 0 Å². The van der Waals surface area contributed by atoms with E-state index >= 15 is 0 Å². The number of nitrogens with zero attached hydrogens (tertiary/aromatic N) is 2. The average molecular weight is 229 g/mol. The minimum absolute atomic E-state index is 0.0127. The van der Waals surface area contributed by atoms with Crippen LogP contribution >= 0.6 is 11.6 Å². The highest BCUT2D eigenvalue weighted by Gasteiger charge is 2.15. The normalized spacial score (nSPS) is 16.8. The summed E-state index contributed by atoms with van der Waals surface area (Å²) in [5, 5.41) is 0.582. The highest BCUT2D eigenvalue weighted by atomic mass is 35.5. The monoisotopic (exact) mass is 228 g/mol. The Labute approximate surface area is 93.0 Å². The van der Waals surface area contributed by atoms with Gasteiger partial charge in [-0.05, 0) is 6.07 Å². The molecule has 4 nitrogen and oxygen atoms in total. The lowest BCUT2D eigenvalue weighted by Gasteiger charge is -2.28. The molecule has 0 bridgehead atoms. The van der Waals surface area contributed by atoms with Crippen LogP contribution in [0.15, 0.2) is 17.1 Å². The number of anilines is 1. The molecule has 0 spiro atoms. The molecule has 15 heavy (non-hydrogen) atoms. The second-order valence-electron chi connectivity index (χ2n) is 3.56. The van der Waals surface area contributed by atoms with E-state index in [1.165, 1.54) is 4.57 Å². The lowest BCUT2D eigenvalue weighted by molar-refractivity contribution is 0.122. The van der Waals surface area contributed by atoms with Crippen molar-refractivity contribution < 1.29 is 4.74 Å². The van der Waals surface area contributed by atoms with Gasteiger partial charge in [0.15, 0.2) is 0 Å². The van der Waals surface area contributed by atoms with Crippen LogP contribution in [-0.4, -0.2) is 30.9 Å². The molecule has 82 valence electrons. The molecule has 0 atom stereocenters. The summed E-state index contributed by atoms with van der Waals surface area (Å²) in [5.74, 6) is 0. The molecule has 0 radical (unpaired) electrons. The molecular weight excluding hydrogens is 216 g/mol. The number of hydrogen-bond acceptors (Lipinski definition) is 3. The van der Waals surface area contributed by atoms with Gasteiger partial charge in [0, 0.05) is 26.3 Å². The van der Waals surface area contributed by atoms with E-state index in [4.69, 9.17) is 16.3 Å². The SMILES string of the molecule is Cn1cc(Cl)cc(N2CCOCC2)c1=O. The first-order valence-corrected chi connectivity index (χ1v) is 5.25. The van der Waals surface area contributed by atoms with E-state index in [1.54, 1.807) is 19.3 Å². The predicted octanol–water partition coefficient (Wildman–Crippen LogP) is 0.875. The quantitative estimate of drug-likeness (QED) is 0.716. The average Bonchev–Trinajstić information content (AvgIpc) is 2.24. The molecule has 1 aromatic heterocycles. The molecular formula is C10H13ClN2O2. The maximum absolute atomic E-state index is 11.8. The molecule has 0 N–H and O–H groups in total. The lowest BCUT2D eigenvalue weighted by atomic mass is 10.3. The molecule has 2 heterocycles. The standard InChI is InChI=1S/C10H13ClN2O2/c1-12-7-8(11)6-9(10(12)14)13-2-4-15-5-3-13/h6-7H,2-5H2,1H3. The Morgan fingerprint density at radius 2 is 2.07 bits per heavy atom. The van der Waals surface area contributed by atoms with Gasteiger partial charge in [-0.1, -0.05) is 11.6 Å². The molecule has 1 fully saturated rings. The molecule has 0 aromatic carbocycles. The van der Waals surface area contributed by atoms with E-state index < -0.39 is 0 Å². The summed E-state index contributed by atoms with van der Waals surface area (Å²) >= 11 is 5.92. The van der Waals surface area contributed by atoms with Crippen molar-refractivity contribution in [1.82, 2.24) is 4.57 Å². The Bertz CT molecular complexity index is 410. The molecule has 2 rings (SSSR count). The Morgan fingerprint density at radius 3 is 2.73 bits per heavy atom. The summed E-state index contributed by atoms with van der Waals surface area (Å²) in [5.41, 5.74) is 0.648. The van der Waals surface area contributed by atoms with E-state index in [2.05, 4.69) is 0 Å². The summed E-state index contributed by atoms with van der Waals surface area (Å²) in [4.78, 5) is 13.9. The van der Waals surface area contributed by atoms with Crippen LogP contribution in [0.3, 0.4) is 0 Å². The number of rotatable bonds is 1. The van der Waals surface area contributed by atoms with Gasteiger partial charge < -0.3 is 14.2 Å². The third-order valence-electron chi connectivity index (χ3n) is 2.48. The first kappa shape index (κ1) is 10.5. The number of halogens is 1. The van der Waals surface area contributed by atoms with Crippen LogP contribution in [0.2, 0.25) is 5.02 Å². The van der Waals surface area contributed by atoms with Gasteiger partial charge in [-0.3, -0.25) is 4.79 Å². The molecule has 0 aliphatic carbocycles. The van der Waals surface area contributed by atoms with E-state index in [1.807, 2.05) is 4.90 Å². The minimum atomic E-state index is -0.0127. The number of ether oxygens (including phenoxy) is 1. The third-order valence-corrected chi connectivity index (χ3v) is 2.69. The molecule has 0 amide bonds. The zero-order valence-corrected chi connectivity index (χ0v) is 9.33. The van der Waals surface area contributed by atoms with Crippen LogP contribution in [-0.2, 0) is 11.8 Å². The van der Waals surface area contributed by atoms with Crippen molar-refractivity contribution in [3.8, 4) is 0 Å². The van der Waals surface area contributed by atoms with Gasteiger partial charge in [0.25, 0.3) is 5.56 Å². The van der Waals surface area contributed by atoms with Crippen LogP contribution in [0.5, 0.6) is 0 Å². The maximum atomic E-state index is 11.8. The fourth-order valence-corrected chi connectivity index (χ4v) is 1.93. The number of pyridine rings is 1. The fourth-order valence-electron chi connectivity index (χ4n) is 1.68. The topological polar surface area (TPSA) is 34.5 Å². The zero-order chi connectivity index (χ0) is 10.8. The van der Waals surface area contributed by atoms with Crippen LogP contribution in [0.25, 0.3) is 0 Å². The minimum Gasteiger partial charge on any atom is -0.378 e. The molecule has 1 aliphatic heterocycles. The molecule has 1 saturated heterocycles. The second-order valence-corrected chi connectivity index (χ2v) is 4.00. The number of aromatic nitrogens is 1. The van der Waals surface area contributed by atoms with Gasteiger partial charge in [-0.2, -0.15) is 0 Å². The van der Waals surface area contributed by atoms with E-state index in [0.717, 1.165) is 13.1 Å². The maximum Gasteiger partial charge on any atom is 0.273 e. The first-order chi connectivity index (χ1) is 7.18. The largest absolute Gasteiger partial charge is 0.378 e. The summed E-state index contributed by atoms with van der Waals surface area (Å²) < 4.78 is 6.75. The molecule has 5 heteroatoms. The van der Waals surface area contributed by atoms with E-state index in [0.29, 0.717) is 23.9 Å². The molecule has 1 aromatic rings. The fraction of sp³-hybridized carbons (Fsp3) is 0.500. The molecule has 1 aliphatic rings. The Balaban J connectivity index is 2.38. The summed E-state index contributed by atoms with van der Waals surface area (Å²) in [6.07, 6.45) is 1.62. The lowest BCUT2D eigenvalue weighted by Crippen LogP contribution is -2.40. The zero-order valence-electron chi connectivity index (χ0n) is 8.57. The van der Waals surface area contributed by atoms with Crippen LogP contribution in [0, 0.1) is 0 Å². The van der Waals surface area contributed by atoms with E-state index in [-0.39, 0.29) is 5.56 Å². The summed E-state index contributed by atoms with van der Waals surface area (Å²) in [6, 6.07) is 1.72. The van der Waals surface area contributed by atoms with Gasteiger partial charge in [0.2, 0.25) is 0 Å². The highest BCUT2D eigenvalue weighted by molar-refractivity contribution is 6.30. The number of morpholine rings is 1. The van der Waals surface area contributed by atoms with Gasteiger partial charge in [0.05, 0.1) is 18.2 Å². The van der Waals surface area contributed by atoms with Crippen LogP contribution < -0.4 is 10.5 Å². The summed E-state index contributed by atoms with van der Waals surface area (Å²) in [6.45, 7) is 2.82. The van der Waals surface area contributed by atoms with Crippen molar-refractivity contribution in [3.63, 3.8) is 0 Å². The number of aryl methyl sites for hydroxylation is 1. The number of hydrogen-bond donors (Lipinski definition) is 0. The third kappa shape index (κ3) is 2.16. The predicted molar refractivity (Wildman–Crippen MR) is 59.7 cm³/mol. The van der Waals surface area contributed by atoms with Crippen molar-refractivity contribution in [3.05, 3.63) is 27.6 Å². The van der Waals surface area contributed by atoms with Crippen molar-refractivity contribution in [2.45, 2.75) is 0 Å². The molecule has 0 unspecified atom stereocenters. The Kier molecular flexibility index (Phi) is 2.98. The second kappa shape index (κ2) is 4.24. The van der Waals surface area contributed by atoms with Crippen LogP contribution in [0.1, 0.15) is 0 Å². The summed E-state index contributed by atoms with van der Waals surface area (Å²) in [7, 11) is 1.71. The van der Waals surface area contributed by atoms with Crippen LogP contribution in [0.4, 0.5) is 5.69 Å². The Morgan fingerprint density at radius 1 is 1.40 bits per heavy atom. The van der Waals surface area contributed by atoms with Crippen molar-refractivity contribution in [2.75, 3.05) is 31.2 Å². The smallest absolute Gasteiger partial charge is 0.273 e. The van der Waals surface area contributed by atoms with E-state index in [9.17, 15) is 4.79 Å². The van der Waals surface area contributed by atoms with Crippen molar-refractivity contribution in [2.24, 2.45) is 7.05 Å². The van der Waals surface area contributed by atoms with Gasteiger partial charge in [-0.25, -0.2) is 0 Å². The van der Waals surface area contributed by atoms with Crippen molar-refractivity contribution in [1.29, 1.82) is 0 Å². The first-order valence-electron chi connectivity index (χ1n) is 4.87. The highest BCUT2D eigenvalue weighted by Crippen LogP contribution is 2.15. The molecule has 0 saturated carbocycles. The van der Waals surface area contributed by atoms with Gasteiger partial charge in [0.1, 0.15) is 5.69 Å².